The summed E-state index contributed by atoms with van der Waals surface area (Å²) in [4.78, 5) is 16.9. The van der Waals surface area contributed by atoms with Gasteiger partial charge in [0.1, 0.15) is 5.52 Å². The maximum Gasteiger partial charge on any atom is 0.257 e. The van der Waals surface area contributed by atoms with Gasteiger partial charge in [0.25, 0.3) is 5.91 Å². The van der Waals surface area contributed by atoms with E-state index in [2.05, 4.69) is 57.5 Å². The van der Waals surface area contributed by atoms with E-state index in [1.165, 1.54) is 5.56 Å². The van der Waals surface area contributed by atoms with Crippen LogP contribution < -0.4 is 10.6 Å². The number of nitrogens with zero attached hydrogens (tertiary/aromatic N) is 1. The second-order valence-corrected chi connectivity index (χ2v) is 9.11. The Morgan fingerprint density at radius 3 is 2.59 bits per heavy atom. The molecule has 0 bridgehead atoms. The molecule has 4 rings (SSSR count). The molecular weight excluding hydrogens is 486 g/mol. The molecule has 0 aliphatic rings. The molecule has 4 aromatic rings. The Labute approximate surface area is 200 Å². The first-order chi connectivity index (χ1) is 15.4. The second kappa shape index (κ2) is 9.63. The quantitative estimate of drug-likeness (QED) is 0.304. The maximum atomic E-state index is 12.3. The molecule has 0 saturated heterocycles. The zero-order chi connectivity index (χ0) is 22.7. The topological polar surface area (TPSA) is 67.2 Å². The van der Waals surface area contributed by atoms with E-state index in [0.29, 0.717) is 23.8 Å². The third-order valence-electron chi connectivity index (χ3n) is 5.00. The molecule has 7 heteroatoms. The van der Waals surface area contributed by atoms with E-state index in [4.69, 9.17) is 16.6 Å². The van der Waals surface area contributed by atoms with E-state index < -0.39 is 0 Å². The zero-order valence-corrected chi connectivity index (χ0v) is 20.1. The highest BCUT2D eigenvalue weighted by Crippen LogP contribution is 2.23. The van der Waals surface area contributed by atoms with Crippen molar-refractivity contribution in [3.05, 3.63) is 93.8 Å². The standard InChI is InChI=1S/C25H22BrN3O2S/c1-15(2)17-8-11-22-21(14-17)28-23(31-22)12-16-6-9-20(10-7-16)27-25(32)29-24(30)18-4-3-5-19(26)13-18/h3-11,13-15H,12H2,1-2H3,(H2,27,29,30,32). The van der Waals surface area contributed by atoms with Crippen LogP contribution in [0.15, 0.2) is 75.6 Å². The lowest BCUT2D eigenvalue weighted by molar-refractivity contribution is 0.0977. The number of nitrogens with one attached hydrogen (secondary N) is 2. The summed E-state index contributed by atoms with van der Waals surface area (Å²) in [7, 11) is 0. The molecule has 2 N–H and O–H groups in total. The van der Waals surface area contributed by atoms with Crippen molar-refractivity contribution < 1.29 is 9.21 Å². The van der Waals surface area contributed by atoms with Crippen molar-refractivity contribution in [3.63, 3.8) is 0 Å². The van der Waals surface area contributed by atoms with Gasteiger partial charge < -0.3 is 9.73 Å². The monoisotopic (exact) mass is 507 g/mol. The number of benzene rings is 3. The number of halogens is 1. The van der Waals surface area contributed by atoms with Crippen LogP contribution in [0.4, 0.5) is 5.69 Å². The predicted octanol–water partition coefficient (Wildman–Crippen LogP) is 6.43. The van der Waals surface area contributed by atoms with Gasteiger partial charge in [0.2, 0.25) is 0 Å². The number of aromatic nitrogens is 1. The van der Waals surface area contributed by atoms with Crippen LogP contribution in [-0.4, -0.2) is 16.0 Å². The number of rotatable bonds is 5. The number of carbonyl (C=O) groups is 1. The Morgan fingerprint density at radius 2 is 1.88 bits per heavy atom. The minimum Gasteiger partial charge on any atom is -0.440 e. The van der Waals surface area contributed by atoms with Gasteiger partial charge >= 0.3 is 0 Å². The summed E-state index contributed by atoms with van der Waals surface area (Å²) < 4.78 is 6.73. The number of anilines is 1. The van der Waals surface area contributed by atoms with Crippen molar-refractivity contribution >= 4 is 56.0 Å². The molecule has 0 aliphatic heterocycles. The van der Waals surface area contributed by atoms with E-state index in [1.54, 1.807) is 18.2 Å². The first-order valence-corrected chi connectivity index (χ1v) is 11.4. The third-order valence-corrected chi connectivity index (χ3v) is 5.70. The number of hydrogen-bond acceptors (Lipinski definition) is 4. The maximum absolute atomic E-state index is 12.3. The van der Waals surface area contributed by atoms with Gasteiger partial charge in [0.15, 0.2) is 16.6 Å². The number of fused-ring (bicyclic) bond motifs is 1. The molecule has 0 radical (unpaired) electrons. The highest BCUT2D eigenvalue weighted by molar-refractivity contribution is 9.10. The Hall–Kier alpha value is -3.03. The Morgan fingerprint density at radius 1 is 1.09 bits per heavy atom. The summed E-state index contributed by atoms with van der Waals surface area (Å²) in [6.07, 6.45) is 0.593. The van der Waals surface area contributed by atoms with Crippen molar-refractivity contribution in [1.82, 2.24) is 10.3 Å². The van der Waals surface area contributed by atoms with Crippen molar-refractivity contribution in [2.75, 3.05) is 5.32 Å². The first kappa shape index (κ1) is 22.2. The summed E-state index contributed by atoms with van der Waals surface area (Å²) in [5.74, 6) is 0.862. The average molecular weight is 508 g/mol. The summed E-state index contributed by atoms with van der Waals surface area (Å²) in [5, 5.41) is 5.96. The van der Waals surface area contributed by atoms with Crippen LogP contribution in [0.3, 0.4) is 0 Å². The van der Waals surface area contributed by atoms with Crippen LogP contribution in [-0.2, 0) is 6.42 Å². The minimum atomic E-state index is -0.267. The Balaban J connectivity index is 1.37. The molecule has 1 heterocycles. The molecule has 32 heavy (non-hydrogen) atoms. The molecule has 162 valence electrons. The lowest BCUT2D eigenvalue weighted by Gasteiger charge is -2.10. The van der Waals surface area contributed by atoms with Crippen LogP contribution in [0.25, 0.3) is 11.1 Å². The molecule has 1 aromatic heterocycles. The number of hydrogen-bond donors (Lipinski definition) is 2. The van der Waals surface area contributed by atoms with Gasteiger partial charge in [-0.15, -0.1) is 0 Å². The van der Waals surface area contributed by atoms with Crippen molar-refractivity contribution in [2.45, 2.75) is 26.2 Å². The number of oxazole rings is 1. The van der Waals surface area contributed by atoms with Gasteiger partial charge in [-0.25, -0.2) is 4.98 Å². The fourth-order valence-corrected chi connectivity index (χ4v) is 3.88. The van der Waals surface area contributed by atoms with Crippen LogP contribution in [0.1, 0.15) is 47.1 Å². The fraction of sp³-hybridized carbons (Fsp3) is 0.160. The molecule has 0 fully saturated rings. The molecular formula is C25H22BrN3O2S. The third kappa shape index (κ3) is 5.41. The normalized spacial score (nSPS) is 11.0. The average Bonchev–Trinajstić information content (AvgIpc) is 3.16. The highest BCUT2D eigenvalue weighted by Gasteiger charge is 2.10. The molecule has 3 aromatic carbocycles. The van der Waals surface area contributed by atoms with Crippen LogP contribution in [0.2, 0.25) is 0 Å². The van der Waals surface area contributed by atoms with Crippen LogP contribution in [0.5, 0.6) is 0 Å². The lowest BCUT2D eigenvalue weighted by Crippen LogP contribution is -2.34. The molecule has 0 spiro atoms. The predicted molar refractivity (Wildman–Crippen MR) is 135 cm³/mol. The minimum absolute atomic E-state index is 0.239. The number of carbonyl (C=O) groups excluding carboxylic acids is 1. The van der Waals surface area contributed by atoms with Crippen molar-refractivity contribution in [3.8, 4) is 0 Å². The van der Waals surface area contributed by atoms with E-state index >= 15 is 0 Å². The lowest BCUT2D eigenvalue weighted by atomic mass is 10.0. The fourth-order valence-electron chi connectivity index (χ4n) is 3.27. The summed E-state index contributed by atoms with van der Waals surface area (Å²) >= 11 is 8.63. The zero-order valence-electron chi connectivity index (χ0n) is 17.7. The Bertz CT molecular complexity index is 1280. The summed E-state index contributed by atoms with van der Waals surface area (Å²) in [6, 6.07) is 21.1. The van der Waals surface area contributed by atoms with E-state index in [1.807, 2.05) is 36.4 Å². The Kier molecular flexibility index (Phi) is 6.67. The van der Waals surface area contributed by atoms with Gasteiger partial charge in [0.05, 0.1) is 0 Å². The second-order valence-electron chi connectivity index (χ2n) is 7.78. The molecule has 5 nitrogen and oxygen atoms in total. The summed E-state index contributed by atoms with van der Waals surface area (Å²) in [6.45, 7) is 4.32. The smallest absolute Gasteiger partial charge is 0.257 e. The largest absolute Gasteiger partial charge is 0.440 e. The van der Waals surface area contributed by atoms with E-state index in [0.717, 1.165) is 26.8 Å². The van der Waals surface area contributed by atoms with Gasteiger partial charge in [0, 0.05) is 22.1 Å². The van der Waals surface area contributed by atoms with Crippen molar-refractivity contribution in [2.24, 2.45) is 0 Å². The molecule has 1 amide bonds. The van der Waals surface area contributed by atoms with Gasteiger partial charge in [-0.3, -0.25) is 10.1 Å². The SMILES string of the molecule is CC(C)c1ccc2oc(Cc3ccc(NC(=S)NC(=O)c4cccc(Br)c4)cc3)nc2c1. The van der Waals surface area contributed by atoms with E-state index in [9.17, 15) is 4.79 Å². The van der Waals surface area contributed by atoms with Crippen molar-refractivity contribution in [1.29, 1.82) is 0 Å². The first-order valence-electron chi connectivity index (χ1n) is 10.2. The number of thiocarbonyl (C=S) groups is 1. The van der Waals surface area contributed by atoms with E-state index in [-0.39, 0.29) is 11.0 Å². The molecule has 0 unspecified atom stereocenters. The van der Waals surface area contributed by atoms with Gasteiger partial charge in [-0.05, 0) is 71.7 Å². The van der Waals surface area contributed by atoms with Crippen LogP contribution >= 0.6 is 28.1 Å². The van der Waals surface area contributed by atoms with Gasteiger partial charge in [-0.1, -0.05) is 54.0 Å². The summed E-state index contributed by atoms with van der Waals surface area (Å²) in [5.41, 5.74) is 5.31. The highest BCUT2D eigenvalue weighted by atomic mass is 79.9. The molecule has 0 saturated carbocycles. The molecule has 0 aliphatic carbocycles. The molecule has 0 atom stereocenters. The number of amides is 1. The van der Waals surface area contributed by atoms with Crippen LogP contribution in [0, 0.1) is 0 Å². The van der Waals surface area contributed by atoms with Gasteiger partial charge in [-0.2, -0.15) is 0 Å².